The molecule has 4 amide bonds. The Morgan fingerprint density at radius 1 is 1.37 bits per heavy atom. The number of carbonyl (C=O) groups excluding carboxylic acids is 3. The van der Waals surface area contributed by atoms with Crippen molar-refractivity contribution in [3.05, 3.63) is 0 Å². The lowest BCUT2D eigenvalue weighted by Crippen LogP contribution is -2.50. The molecule has 1 aliphatic heterocycles. The van der Waals surface area contributed by atoms with Crippen LogP contribution in [0, 0.1) is 0 Å². The molecule has 1 spiro atoms. The maximum atomic E-state index is 12.4. The molecule has 0 radical (unpaired) electrons. The number of urea groups is 1. The summed E-state index contributed by atoms with van der Waals surface area (Å²) in [5.74, 6) is -0.463. The van der Waals surface area contributed by atoms with Gasteiger partial charge in [0.05, 0.1) is 0 Å². The van der Waals surface area contributed by atoms with Crippen molar-refractivity contribution in [2.75, 3.05) is 0 Å². The molecule has 3 rings (SSSR count). The first-order chi connectivity index (χ1) is 9.03. The first-order valence-electron chi connectivity index (χ1n) is 7.00. The Hall–Kier alpha value is -1.59. The number of carbonyl (C=O) groups is 3. The van der Waals surface area contributed by atoms with Crippen LogP contribution in [0.2, 0.25) is 0 Å². The highest BCUT2D eigenvalue weighted by atomic mass is 16.2. The third kappa shape index (κ3) is 1.99. The topological polar surface area (TPSA) is 78.5 Å². The van der Waals surface area contributed by atoms with Crippen molar-refractivity contribution in [3.63, 3.8) is 0 Å². The Kier molecular flexibility index (Phi) is 2.76. The lowest BCUT2D eigenvalue weighted by molar-refractivity contribution is -0.137. The molecule has 1 atom stereocenters. The minimum atomic E-state index is -0.731. The van der Waals surface area contributed by atoms with Crippen molar-refractivity contribution in [1.29, 1.82) is 0 Å². The molecule has 0 aromatic heterocycles. The fraction of sp³-hybridized carbons (Fsp3) is 0.769. The molecule has 1 heterocycles. The van der Waals surface area contributed by atoms with Crippen LogP contribution >= 0.6 is 0 Å². The highest BCUT2D eigenvalue weighted by molar-refractivity contribution is 6.10. The van der Waals surface area contributed by atoms with Gasteiger partial charge in [0.25, 0.3) is 5.91 Å². The zero-order chi connectivity index (χ0) is 13.6. The molecular weight excluding hydrogens is 246 g/mol. The maximum absolute atomic E-state index is 12.4. The van der Waals surface area contributed by atoms with Crippen molar-refractivity contribution < 1.29 is 14.4 Å². The average Bonchev–Trinajstić information content (AvgIpc) is 2.99. The predicted octanol–water partition coefficient (Wildman–Crippen LogP) is 0.518. The Morgan fingerprint density at radius 3 is 2.58 bits per heavy atom. The van der Waals surface area contributed by atoms with Crippen molar-refractivity contribution in [2.45, 2.75) is 63.1 Å². The van der Waals surface area contributed by atoms with E-state index in [4.69, 9.17) is 0 Å². The first kappa shape index (κ1) is 12.4. The number of rotatable bonds is 3. The van der Waals surface area contributed by atoms with E-state index in [2.05, 4.69) is 10.6 Å². The van der Waals surface area contributed by atoms with Gasteiger partial charge in [-0.1, -0.05) is 12.8 Å². The normalized spacial score (nSPS) is 26.7. The third-order valence-electron chi connectivity index (χ3n) is 4.34. The second-order valence-corrected chi connectivity index (χ2v) is 5.85. The molecule has 6 nitrogen and oxygen atoms in total. The molecule has 19 heavy (non-hydrogen) atoms. The van der Waals surface area contributed by atoms with Gasteiger partial charge >= 0.3 is 6.03 Å². The predicted molar refractivity (Wildman–Crippen MR) is 67.2 cm³/mol. The van der Waals surface area contributed by atoms with E-state index >= 15 is 0 Å². The monoisotopic (exact) mass is 265 g/mol. The fourth-order valence-electron chi connectivity index (χ4n) is 2.98. The van der Waals surface area contributed by atoms with Gasteiger partial charge in [0.1, 0.15) is 11.6 Å². The Balaban J connectivity index is 1.74. The number of hydrogen-bond donors (Lipinski definition) is 2. The number of hydrogen-bond acceptors (Lipinski definition) is 3. The van der Waals surface area contributed by atoms with Gasteiger partial charge in [0, 0.05) is 6.04 Å². The van der Waals surface area contributed by atoms with Crippen LogP contribution in [0.5, 0.6) is 0 Å². The van der Waals surface area contributed by atoms with Gasteiger partial charge < -0.3 is 10.6 Å². The van der Waals surface area contributed by atoms with Crippen LogP contribution in [0.3, 0.4) is 0 Å². The first-order valence-corrected chi connectivity index (χ1v) is 7.00. The van der Waals surface area contributed by atoms with Crippen molar-refractivity contribution >= 4 is 17.8 Å². The molecule has 0 bridgehead atoms. The largest absolute Gasteiger partial charge is 0.352 e. The summed E-state index contributed by atoms with van der Waals surface area (Å²) in [6.07, 6.45) is 5.24. The van der Waals surface area contributed by atoms with Crippen molar-refractivity contribution in [3.8, 4) is 0 Å². The zero-order valence-corrected chi connectivity index (χ0v) is 11.1. The van der Waals surface area contributed by atoms with E-state index in [1.54, 1.807) is 6.92 Å². The summed E-state index contributed by atoms with van der Waals surface area (Å²) in [5.41, 5.74) is -0.731. The van der Waals surface area contributed by atoms with Crippen LogP contribution < -0.4 is 10.6 Å². The second kappa shape index (κ2) is 4.21. The van der Waals surface area contributed by atoms with Gasteiger partial charge in [-0.3, -0.25) is 9.59 Å². The van der Waals surface area contributed by atoms with E-state index in [9.17, 15) is 14.4 Å². The minimum absolute atomic E-state index is 0.228. The SMILES string of the molecule is CC(C(=O)NC1CC1)N1C(=O)NC2(CCCC2)C1=O. The summed E-state index contributed by atoms with van der Waals surface area (Å²) in [4.78, 5) is 37.5. The van der Waals surface area contributed by atoms with Crippen molar-refractivity contribution in [1.82, 2.24) is 15.5 Å². The molecule has 3 fully saturated rings. The van der Waals surface area contributed by atoms with Crippen molar-refractivity contribution in [2.24, 2.45) is 0 Å². The molecule has 6 heteroatoms. The van der Waals surface area contributed by atoms with Crippen LogP contribution in [0.1, 0.15) is 45.4 Å². The lowest BCUT2D eigenvalue weighted by atomic mass is 9.97. The summed E-state index contributed by atoms with van der Waals surface area (Å²) in [6, 6.07) is -0.922. The van der Waals surface area contributed by atoms with E-state index in [1.165, 1.54) is 0 Å². The number of nitrogens with zero attached hydrogens (tertiary/aromatic N) is 1. The summed E-state index contributed by atoms with van der Waals surface area (Å²) in [7, 11) is 0. The van der Waals surface area contributed by atoms with Crippen LogP contribution in [-0.2, 0) is 9.59 Å². The van der Waals surface area contributed by atoms with Crippen LogP contribution in [-0.4, -0.2) is 40.4 Å². The average molecular weight is 265 g/mol. The maximum Gasteiger partial charge on any atom is 0.325 e. The highest BCUT2D eigenvalue weighted by Crippen LogP contribution is 2.35. The summed E-state index contributed by atoms with van der Waals surface area (Å²) in [6.45, 7) is 1.61. The smallest absolute Gasteiger partial charge is 0.325 e. The van der Waals surface area contributed by atoms with E-state index in [0.29, 0.717) is 12.8 Å². The molecule has 2 N–H and O–H groups in total. The molecule has 0 aromatic carbocycles. The molecule has 2 aliphatic carbocycles. The van der Waals surface area contributed by atoms with Gasteiger partial charge in [-0.25, -0.2) is 9.69 Å². The van der Waals surface area contributed by atoms with E-state index in [1.807, 2.05) is 0 Å². The zero-order valence-electron chi connectivity index (χ0n) is 11.1. The fourth-order valence-corrected chi connectivity index (χ4v) is 2.98. The molecular formula is C13H19N3O3. The Bertz CT molecular complexity index is 438. The number of imide groups is 1. The van der Waals surface area contributed by atoms with Gasteiger partial charge in [0.2, 0.25) is 5.91 Å². The quantitative estimate of drug-likeness (QED) is 0.730. The van der Waals surface area contributed by atoms with E-state index in [-0.39, 0.29) is 17.9 Å². The highest BCUT2D eigenvalue weighted by Gasteiger charge is 2.54. The van der Waals surface area contributed by atoms with E-state index < -0.39 is 17.6 Å². The Labute approximate surface area is 111 Å². The lowest BCUT2D eigenvalue weighted by Gasteiger charge is -2.23. The van der Waals surface area contributed by atoms with Gasteiger partial charge in [-0.15, -0.1) is 0 Å². The third-order valence-corrected chi connectivity index (χ3v) is 4.34. The molecule has 1 saturated heterocycles. The van der Waals surface area contributed by atoms with E-state index in [0.717, 1.165) is 30.6 Å². The summed E-state index contributed by atoms with van der Waals surface area (Å²) >= 11 is 0. The van der Waals surface area contributed by atoms with Crippen LogP contribution in [0.4, 0.5) is 4.79 Å². The van der Waals surface area contributed by atoms with Gasteiger partial charge in [0.15, 0.2) is 0 Å². The van der Waals surface area contributed by atoms with Crippen LogP contribution in [0.15, 0.2) is 0 Å². The van der Waals surface area contributed by atoms with Gasteiger partial charge in [-0.05, 0) is 32.6 Å². The Morgan fingerprint density at radius 2 is 2.00 bits per heavy atom. The standard InChI is InChI=1S/C13H19N3O3/c1-8(10(17)14-9-4-5-9)16-11(18)13(15-12(16)19)6-2-3-7-13/h8-9H,2-7H2,1H3,(H,14,17)(H,15,19). The molecule has 2 saturated carbocycles. The second-order valence-electron chi connectivity index (χ2n) is 5.85. The molecule has 104 valence electrons. The molecule has 3 aliphatic rings. The van der Waals surface area contributed by atoms with Gasteiger partial charge in [-0.2, -0.15) is 0 Å². The molecule has 0 aromatic rings. The minimum Gasteiger partial charge on any atom is -0.352 e. The summed E-state index contributed by atoms with van der Waals surface area (Å²) in [5, 5.41) is 5.63. The summed E-state index contributed by atoms with van der Waals surface area (Å²) < 4.78 is 0. The van der Waals surface area contributed by atoms with Crippen LogP contribution in [0.25, 0.3) is 0 Å². The number of nitrogens with one attached hydrogen (secondary N) is 2. The number of amides is 4. The molecule has 1 unspecified atom stereocenters.